The Kier molecular flexibility index (Phi) is 5.17. The number of ether oxygens (including phenoxy) is 1. The lowest BCUT2D eigenvalue weighted by molar-refractivity contribution is -0.137. The summed E-state index contributed by atoms with van der Waals surface area (Å²) in [5.74, 6) is -1.52. The van der Waals surface area contributed by atoms with Gasteiger partial charge in [0.25, 0.3) is 11.8 Å². The molecule has 1 aromatic rings. The average Bonchev–Trinajstić information content (AvgIpc) is 2.77. The van der Waals surface area contributed by atoms with Gasteiger partial charge in [0.15, 0.2) is 0 Å². The van der Waals surface area contributed by atoms with Crippen LogP contribution in [0.15, 0.2) is 28.4 Å². The third kappa shape index (κ3) is 3.43. The van der Waals surface area contributed by atoms with Gasteiger partial charge in [0.05, 0.1) is 25.8 Å². The molecule has 1 aromatic carbocycles. The topological polar surface area (TPSA) is 95.9 Å². The van der Waals surface area contributed by atoms with Crippen LogP contribution in [0.3, 0.4) is 0 Å². The maximum absolute atomic E-state index is 12.1. The maximum atomic E-state index is 12.1. The van der Waals surface area contributed by atoms with Crippen LogP contribution in [0.1, 0.15) is 15.9 Å². The summed E-state index contributed by atoms with van der Waals surface area (Å²) >= 11 is 3.30. The first-order valence-corrected chi connectivity index (χ1v) is 7.52. The number of hydrogen-bond donors (Lipinski definition) is 2. The highest BCUT2D eigenvalue weighted by Gasteiger charge is 2.31. The van der Waals surface area contributed by atoms with Crippen LogP contribution in [0, 0.1) is 6.92 Å². The Bertz CT molecular complexity index is 714. The van der Waals surface area contributed by atoms with Gasteiger partial charge in [0.2, 0.25) is 0 Å². The number of methoxy groups -OCH3 is 1. The Labute approximate surface area is 141 Å². The fraction of sp³-hybridized carbons (Fsp3) is 0.267. The van der Waals surface area contributed by atoms with E-state index in [4.69, 9.17) is 9.84 Å². The largest absolute Gasteiger partial charge is 0.465 e. The molecule has 2 rings (SSSR count). The van der Waals surface area contributed by atoms with E-state index in [2.05, 4.69) is 21.2 Å². The van der Waals surface area contributed by atoms with Crippen molar-refractivity contribution in [2.75, 3.05) is 25.6 Å². The van der Waals surface area contributed by atoms with Gasteiger partial charge in [-0.25, -0.2) is 4.79 Å². The normalized spacial score (nSPS) is 14.1. The highest BCUT2D eigenvalue weighted by Crippen LogP contribution is 2.28. The second-order valence-electron chi connectivity index (χ2n) is 4.82. The monoisotopic (exact) mass is 382 g/mol. The van der Waals surface area contributed by atoms with E-state index < -0.39 is 17.8 Å². The lowest BCUT2D eigenvalue weighted by atomic mass is 10.1. The Morgan fingerprint density at radius 2 is 2.09 bits per heavy atom. The molecule has 1 heterocycles. The molecule has 0 aromatic heterocycles. The summed E-state index contributed by atoms with van der Waals surface area (Å²) in [5, 5.41) is 11.8. The number of carbonyl (C=O) groups is 3. The van der Waals surface area contributed by atoms with E-state index in [1.807, 2.05) is 0 Å². The third-order valence-electron chi connectivity index (χ3n) is 3.38. The van der Waals surface area contributed by atoms with Crippen LogP contribution in [0.2, 0.25) is 0 Å². The molecular weight excluding hydrogens is 368 g/mol. The number of β-amino-alcohol motifs (C(OH)–C–C–N with tert-alkyl or cyclic N) is 1. The van der Waals surface area contributed by atoms with Crippen molar-refractivity contribution >= 4 is 39.4 Å². The summed E-state index contributed by atoms with van der Waals surface area (Å²) in [6.45, 7) is 1.33. The predicted octanol–water partition coefficient (Wildman–Crippen LogP) is 1.20. The van der Waals surface area contributed by atoms with Crippen LogP contribution in [-0.4, -0.2) is 48.1 Å². The molecule has 0 radical (unpaired) electrons. The number of aliphatic hydroxyl groups is 1. The van der Waals surface area contributed by atoms with Crippen LogP contribution < -0.4 is 5.32 Å². The van der Waals surface area contributed by atoms with Crippen molar-refractivity contribution in [3.8, 4) is 0 Å². The van der Waals surface area contributed by atoms with E-state index in [1.165, 1.54) is 7.11 Å². The van der Waals surface area contributed by atoms with E-state index in [0.717, 1.165) is 11.0 Å². The SMILES string of the molecule is COC(=O)c1cc(Br)cc(NC2=CC(=O)N(CCO)C2=O)c1C. The molecule has 0 saturated carbocycles. The number of anilines is 1. The quantitative estimate of drug-likeness (QED) is 0.586. The lowest BCUT2D eigenvalue weighted by Gasteiger charge is -2.15. The Hall–Kier alpha value is -2.19. The van der Waals surface area contributed by atoms with Gasteiger partial charge in [-0.15, -0.1) is 0 Å². The summed E-state index contributed by atoms with van der Waals surface area (Å²) < 4.78 is 5.35. The standard InChI is InChI=1S/C15H15BrN2O5/c1-8-10(15(22)23-2)5-9(16)6-11(8)17-12-7-13(20)18(3-4-19)14(12)21/h5-7,17,19H,3-4H2,1-2H3. The second kappa shape index (κ2) is 6.93. The van der Waals surface area contributed by atoms with Crippen molar-refractivity contribution in [2.24, 2.45) is 0 Å². The van der Waals surface area contributed by atoms with E-state index in [9.17, 15) is 14.4 Å². The first kappa shape index (κ1) is 17.2. The van der Waals surface area contributed by atoms with Crippen molar-refractivity contribution in [1.82, 2.24) is 4.90 Å². The third-order valence-corrected chi connectivity index (χ3v) is 3.84. The molecule has 1 aliphatic heterocycles. The number of rotatable bonds is 5. The van der Waals surface area contributed by atoms with E-state index >= 15 is 0 Å². The molecule has 0 atom stereocenters. The number of carbonyl (C=O) groups excluding carboxylic acids is 3. The Balaban J connectivity index is 2.33. The van der Waals surface area contributed by atoms with E-state index in [1.54, 1.807) is 19.1 Å². The van der Waals surface area contributed by atoms with Gasteiger partial charge in [0.1, 0.15) is 5.70 Å². The zero-order valence-corrected chi connectivity index (χ0v) is 14.1. The van der Waals surface area contributed by atoms with Gasteiger partial charge >= 0.3 is 5.97 Å². The van der Waals surface area contributed by atoms with Crippen molar-refractivity contribution in [2.45, 2.75) is 6.92 Å². The molecule has 8 heteroatoms. The maximum Gasteiger partial charge on any atom is 0.338 e. The lowest BCUT2D eigenvalue weighted by Crippen LogP contribution is -2.34. The number of nitrogens with one attached hydrogen (secondary N) is 1. The zero-order chi connectivity index (χ0) is 17.1. The van der Waals surface area contributed by atoms with Gasteiger partial charge in [-0.3, -0.25) is 14.5 Å². The molecular formula is C15H15BrN2O5. The van der Waals surface area contributed by atoms with Crippen LogP contribution in [-0.2, 0) is 14.3 Å². The molecule has 0 aliphatic carbocycles. The van der Waals surface area contributed by atoms with Crippen LogP contribution in [0.4, 0.5) is 5.69 Å². The molecule has 23 heavy (non-hydrogen) atoms. The number of benzene rings is 1. The fourth-order valence-electron chi connectivity index (χ4n) is 2.19. The van der Waals surface area contributed by atoms with Crippen LogP contribution >= 0.6 is 15.9 Å². The van der Waals surface area contributed by atoms with Gasteiger partial charge in [-0.2, -0.15) is 0 Å². The van der Waals surface area contributed by atoms with Gasteiger partial charge < -0.3 is 15.2 Å². The average molecular weight is 383 g/mol. The molecule has 2 amide bonds. The van der Waals surface area contributed by atoms with Crippen LogP contribution in [0.5, 0.6) is 0 Å². The fourth-order valence-corrected chi connectivity index (χ4v) is 2.64. The molecule has 7 nitrogen and oxygen atoms in total. The van der Waals surface area contributed by atoms with Crippen molar-refractivity contribution in [1.29, 1.82) is 0 Å². The summed E-state index contributed by atoms with van der Waals surface area (Å²) in [6, 6.07) is 3.30. The minimum Gasteiger partial charge on any atom is -0.465 e. The number of amides is 2. The van der Waals surface area contributed by atoms with Crippen molar-refractivity contribution in [3.05, 3.63) is 39.5 Å². The first-order valence-electron chi connectivity index (χ1n) is 6.73. The van der Waals surface area contributed by atoms with Crippen LogP contribution in [0.25, 0.3) is 0 Å². The predicted molar refractivity (Wildman–Crippen MR) is 85.7 cm³/mol. The first-order chi connectivity index (χ1) is 10.9. The van der Waals surface area contributed by atoms with Gasteiger partial charge in [-0.1, -0.05) is 15.9 Å². The molecule has 0 fully saturated rings. The second-order valence-corrected chi connectivity index (χ2v) is 5.73. The number of imide groups is 1. The molecule has 0 bridgehead atoms. The minimum atomic E-state index is -0.525. The van der Waals surface area contributed by atoms with Crippen molar-refractivity contribution < 1.29 is 24.2 Å². The van der Waals surface area contributed by atoms with Crippen molar-refractivity contribution in [3.63, 3.8) is 0 Å². The number of hydrogen-bond acceptors (Lipinski definition) is 6. The summed E-state index contributed by atoms with van der Waals surface area (Å²) in [6.07, 6.45) is 1.16. The van der Waals surface area contributed by atoms with Gasteiger partial charge in [-0.05, 0) is 24.6 Å². The highest BCUT2D eigenvalue weighted by molar-refractivity contribution is 9.10. The van der Waals surface area contributed by atoms with E-state index in [0.29, 0.717) is 21.3 Å². The smallest absolute Gasteiger partial charge is 0.338 e. The molecule has 0 saturated heterocycles. The number of halogens is 1. The number of esters is 1. The molecule has 0 unspecified atom stereocenters. The Morgan fingerprint density at radius 3 is 2.70 bits per heavy atom. The van der Waals surface area contributed by atoms with Gasteiger partial charge in [0, 0.05) is 16.2 Å². The molecule has 2 N–H and O–H groups in total. The summed E-state index contributed by atoms with van der Waals surface area (Å²) in [7, 11) is 1.28. The Morgan fingerprint density at radius 1 is 1.39 bits per heavy atom. The number of aliphatic hydroxyl groups excluding tert-OH is 1. The zero-order valence-electron chi connectivity index (χ0n) is 12.6. The summed E-state index contributed by atoms with van der Waals surface area (Å²) in [4.78, 5) is 36.6. The summed E-state index contributed by atoms with van der Waals surface area (Å²) in [5.41, 5.74) is 1.51. The minimum absolute atomic E-state index is 0.0653. The molecule has 0 spiro atoms. The van der Waals surface area contributed by atoms with E-state index in [-0.39, 0.29) is 18.8 Å². The molecule has 122 valence electrons. The molecule has 1 aliphatic rings. The highest BCUT2D eigenvalue weighted by atomic mass is 79.9. The number of nitrogens with zero attached hydrogens (tertiary/aromatic N) is 1.